The highest BCUT2D eigenvalue weighted by Gasteiger charge is 2.15. The van der Waals surface area contributed by atoms with Gasteiger partial charge >= 0.3 is 0 Å². The fourth-order valence-electron chi connectivity index (χ4n) is 1.75. The minimum Gasteiger partial charge on any atom is -0.493 e. The molecular formula is C16H27NO. The second-order valence-electron chi connectivity index (χ2n) is 6.05. The van der Waals surface area contributed by atoms with Crippen LogP contribution in [0.4, 0.5) is 0 Å². The van der Waals surface area contributed by atoms with Crippen LogP contribution in [0.15, 0.2) is 24.3 Å². The fourth-order valence-corrected chi connectivity index (χ4v) is 1.75. The summed E-state index contributed by atoms with van der Waals surface area (Å²) in [5.41, 5.74) is 1.54. The van der Waals surface area contributed by atoms with Crippen molar-refractivity contribution in [2.45, 2.75) is 47.1 Å². The van der Waals surface area contributed by atoms with Crippen LogP contribution in [0, 0.1) is 5.41 Å². The van der Waals surface area contributed by atoms with Gasteiger partial charge in [-0.2, -0.15) is 0 Å². The third-order valence-corrected chi connectivity index (χ3v) is 2.79. The summed E-state index contributed by atoms with van der Waals surface area (Å²) in [5.74, 6) is 1.01. The first-order valence-electron chi connectivity index (χ1n) is 6.89. The number of para-hydroxylation sites is 1. The number of ether oxygens (including phenoxy) is 1. The van der Waals surface area contributed by atoms with Gasteiger partial charge in [-0.15, -0.1) is 0 Å². The molecule has 2 nitrogen and oxygen atoms in total. The zero-order valence-corrected chi connectivity index (χ0v) is 12.4. The summed E-state index contributed by atoms with van der Waals surface area (Å²) < 4.78 is 5.80. The normalized spacial score (nSPS) is 13.4. The van der Waals surface area contributed by atoms with Gasteiger partial charge in [-0.05, 0) is 24.8 Å². The SMILES string of the molecule is CCCOc1ccccc1C(C)NCC(C)(C)C. The molecule has 0 radical (unpaired) electrons. The third-order valence-electron chi connectivity index (χ3n) is 2.79. The van der Waals surface area contributed by atoms with Crippen LogP contribution >= 0.6 is 0 Å². The van der Waals surface area contributed by atoms with E-state index in [9.17, 15) is 0 Å². The summed E-state index contributed by atoms with van der Waals surface area (Å²) in [6.45, 7) is 12.8. The van der Waals surface area contributed by atoms with Gasteiger partial charge in [0.2, 0.25) is 0 Å². The Bertz CT molecular complexity index is 354. The average molecular weight is 249 g/mol. The smallest absolute Gasteiger partial charge is 0.124 e. The molecule has 0 saturated carbocycles. The number of hydrogen-bond acceptors (Lipinski definition) is 2. The highest BCUT2D eigenvalue weighted by Crippen LogP contribution is 2.25. The van der Waals surface area contributed by atoms with E-state index in [1.165, 1.54) is 5.56 Å². The molecule has 0 aliphatic carbocycles. The van der Waals surface area contributed by atoms with Gasteiger partial charge in [0.1, 0.15) is 5.75 Å². The summed E-state index contributed by atoms with van der Waals surface area (Å²) in [6.07, 6.45) is 1.04. The van der Waals surface area contributed by atoms with Crippen LogP contribution in [-0.4, -0.2) is 13.2 Å². The van der Waals surface area contributed by atoms with Crippen molar-refractivity contribution in [1.82, 2.24) is 5.32 Å². The van der Waals surface area contributed by atoms with Crippen LogP contribution < -0.4 is 10.1 Å². The Morgan fingerprint density at radius 1 is 1.22 bits per heavy atom. The monoisotopic (exact) mass is 249 g/mol. The van der Waals surface area contributed by atoms with Gasteiger partial charge in [0.25, 0.3) is 0 Å². The molecule has 0 amide bonds. The molecule has 0 heterocycles. The van der Waals surface area contributed by atoms with Crippen LogP contribution in [0.3, 0.4) is 0 Å². The third kappa shape index (κ3) is 5.09. The topological polar surface area (TPSA) is 21.3 Å². The van der Waals surface area contributed by atoms with E-state index < -0.39 is 0 Å². The maximum atomic E-state index is 5.80. The number of benzene rings is 1. The Kier molecular flexibility index (Phi) is 5.67. The van der Waals surface area contributed by atoms with Gasteiger partial charge in [0.05, 0.1) is 6.61 Å². The lowest BCUT2D eigenvalue weighted by atomic mass is 9.96. The van der Waals surface area contributed by atoms with Crippen molar-refractivity contribution in [1.29, 1.82) is 0 Å². The van der Waals surface area contributed by atoms with E-state index in [1.807, 2.05) is 6.07 Å². The first-order valence-corrected chi connectivity index (χ1v) is 6.89. The molecule has 102 valence electrons. The lowest BCUT2D eigenvalue weighted by Crippen LogP contribution is -2.29. The Hall–Kier alpha value is -1.02. The maximum Gasteiger partial charge on any atom is 0.124 e. The van der Waals surface area contributed by atoms with E-state index in [0.717, 1.165) is 25.3 Å². The first kappa shape index (κ1) is 15.0. The largest absolute Gasteiger partial charge is 0.493 e. The van der Waals surface area contributed by atoms with Gasteiger partial charge in [0.15, 0.2) is 0 Å². The quantitative estimate of drug-likeness (QED) is 0.817. The van der Waals surface area contributed by atoms with Crippen LogP contribution in [-0.2, 0) is 0 Å². The van der Waals surface area contributed by atoms with E-state index in [4.69, 9.17) is 4.74 Å². The van der Waals surface area contributed by atoms with E-state index in [1.54, 1.807) is 0 Å². The lowest BCUT2D eigenvalue weighted by Gasteiger charge is -2.24. The van der Waals surface area contributed by atoms with Crippen molar-refractivity contribution < 1.29 is 4.74 Å². The molecule has 0 fully saturated rings. The van der Waals surface area contributed by atoms with Crippen LogP contribution in [0.1, 0.15) is 52.6 Å². The lowest BCUT2D eigenvalue weighted by molar-refractivity contribution is 0.306. The number of nitrogens with one attached hydrogen (secondary N) is 1. The minimum atomic E-state index is 0.299. The zero-order chi connectivity index (χ0) is 13.6. The molecule has 0 aromatic heterocycles. The molecule has 1 N–H and O–H groups in total. The second-order valence-corrected chi connectivity index (χ2v) is 6.05. The van der Waals surface area contributed by atoms with Crippen molar-refractivity contribution in [3.8, 4) is 5.75 Å². The van der Waals surface area contributed by atoms with E-state index in [0.29, 0.717) is 11.5 Å². The highest BCUT2D eigenvalue weighted by atomic mass is 16.5. The molecule has 1 aromatic carbocycles. The Labute approximate surface area is 112 Å². The molecule has 0 aliphatic heterocycles. The molecule has 0 bridgehead atoms. The van der Waals surface area contributed by atoms with Crippen molar-refractivity contribution >= 4 is 0 Å². The number of rotatable bonds is 6. The Morgan fingerprint density at radius 2 is 1.89 bits per heavy atom. The Balaban J connectivity index is 2.69. The fraction of sp³-hybridized carbons (Fsp3) is 0.625. The van der Waals surface area contributed by atoms with Gasteiger partial charge in [0, 0.05) is 18.2 Å². The van der Waals surface area contributed by atoms with E-state index in [-0.39, 0.29) is 0 Å². The molecule has 18 heavy (non-hydrogen) atoms. The van der Waals surface area contributed by atoms with Crippen molar-refractivity contribution in [2.24, 2.45) is 5.41 Å². The minimum absolute atomic E-state index is 0.299. The van der Waals surface area contributed by atoms with Crippen LogP contribution in [0.25, 0.3) is 0 Å². The van der Waals surface area contributed by atoms with Gasteiger partial charge in [-0.3, -0.25) is 0 Å². The molecule has 0 aliphatic rings. The predicted molar refractivity (Wildman–Crippen MR) is 78.1 cm³/mol. The van der Waals surface area contributed by atoms with Crippen molar-refractivity contribution in [2.75, 3.05) is 13.2 Å². The van der Waals surface area contributed by atoms with E-state index >= 15 is 0 Å². The maximum absolute atomic E-state index is 5.80. The molecular weight excluding hydrogens is 222 g/mol. The summed E-state index contributed by atoms with van der Waals surface area (Å²) in [6, 6.07) is 8.62. The summed E-state index contributed by atoms with van der Waals surface area (Å²) in [4.78, 5) is 0. The molecule has 0 spiro atoms. The van der Waals surface area contributed by atoms with Crippen molar-refractivity contribution in [3.63, 3.8) is 0 Å². The number of hydrogen-bond donors (Lipinski definition) is 1. The van der Waals surface area contributed by atoms with Crippen LogP contribution in [0.2, 0.25) is 0 Å². The van der Waals surface area contributed by atoms with E-state index in [2.05, 4.69) is 58.1 Å². The summed E-state index contributed by atoms with van der Waals surface area (Å²) >= 11 is 0. The van der Waals surface area contributed by atoms with Gasteiger partial charge < -0.3 is 10.1 Å². The summed E-state index contributed by atoms with van der Waals surface area (Å²) in [5, 5.41) is 3.58. The highest BCUT2D eigenvalue weighted by molar-refractivity contribution is 5.35. The molecule has 0 saturated heterocycles. The van der Waals surface area contributed by atoms with Gasteiger partial charge in [-0.25, -0.2) is 0 Å². The van der Waals surface area contributed by atoms with Gasteiger partial charge in [-0.1, -0.05) is 45.9 Å². The van der Waals surface area contributed by atoms with Crippen molar-refractivity contribution in [3.05, 3.63) is 29.8 Å². The summed E-state index contributed by atoms with van der Waals surface area (Å²) in [7, 11) is 0. The predicted octanol–water partition coefficient (Wildman–Crippen LogP) is 4.17. The average Bonchev–Trinajstić information content (AvgIpc) is 2.33. The standard InChI is InChI=1S/C16H27NO/c1-6-11-18-15-10-8-7-9-14(15)13(2)17-12-16(3,4)5/h7-10,13,17H,6,11-12H2,1-5H3. The zero-order valence-electron chi connectivity index (χ0n) is 12.4. The molecule has 1 unspecified atom stereocenters. The molecule has 1 atom stereocenters. The second kappa shape index (κ2) is 6.79. The molecule has 1 rings (SSSR count). The Morgan fingerprint density at radius 3 is 2.50 bits per heavy atom. The molecule has 1 aromatic rings. The first-order chi connectivity index (χ1) is 8.44. The van der Waals surface area contributed by atoms with Crippen LogP contribution in [0.5, 0.6) is 5.75 Å². The molecule has 2 heteroatoms.